The van der Waals surface area contributed by atoms with Gasteiger partial charge in [0, 0.05) is 75.5 Å². The van der Waals surface area contributed by atoms with E-state index in [1.165, 1.54) is 17.7 Å². The highest BCUT2D eigenvalue weighted by Crippen LogP contribution is 2.68. The molecule has 4 aromatic rings. The Balaban J connectivity index is 0.886. The van der Waals surface area contributed by atoms with E-state index in [0.717, 1.165) is 87.0 Å². The maximum absolute atomic E-state index is 14.3. The van der Waals surface area contributed by atoms with Crippen molar-refractivity contribution in [1.82, 2.24) is 9.62 Å². The van der Waals surface area contributed by atoms with Crippen molar-refractivity contribution in [3.63, 3.8) is 0 Å². The highest BCUT2D eigenvalue weighted by atomic mass is 32.2. The quantitative estimate of drug-likeness (QED) is 0.0919. The second-order valence-electron chi connectivity index (χ2n) is 16.9. The Hall–Kier alpha value is -5.57. The van der Waals surface area contributed by atoms with Crippen LogP contribution in [0.25, 0.3) is 5.57 Å². The summed E-state index contributed by atoms with van der Waals surface area (Å²) in [5.74, 6) is -0.152. The van der Waals surface area contributed by atoms with E-state index in [-0.39, 0.29) is 33.2 Å². The molecule has 14 heteroatoms. The van der Waals surface area contributed by atoms with E-state index in [1.807, 2.05) is 30.3 Å². The number of carbonyl (C=O) groups is 2. The highest BCUT2D eigenvalue weighted by molar-refractivity contribution is 7.90. The molecule has 2 aliphatic heterocycles. The molecule has 4 aromatic carbocycles. The molecule has 3 N–H and O–H groups in total. The van der Waals surface area contributed by atoms with Gasteiger partial charge in [-0.3, -0.25) is 24.6 Å². The Morgan fingerprint density at radius 2 is 1.58 bits per heavy atom. The Bertz CT molecular complexity index is 2390. The first-order valence-corrected chi connectivity index (χ1v) is 22.3. The number of benzene rings is 4. The molecule has 0 aromatic heterocycles. The first-order chi connectivity index (χ1) is 28.9. The first kappa shape index (κ1) is 41.2. The van der Waals surface area contributed by atoms with Gasteiger partial charge in [-0.25, -0.2) is 13.1 Å². The molecule has 0 spiro atoms. The molecule has 314 valence electrons. The summed E-state index contributed by atoms with van der Waals surface area (Å²) >= 11 is 0. The number of ether oxygens (including phenoxy) is 1. The second-order valence-corrected chi connectivity index (χ2v) is 18.6. The van der Waals surface area contributed by atoms with E-state index >= 15 is 0 Å². The van der Waals surface area contributed by atoms with Crippen LogP contribution >= 0.6 is 0 Å². The zero-order valence-electron chi connectivity index (χ0n) is 34.1. The molecular formula is C46H52N6O7S. The minimum absolute atomic E-state index is 0.0595. The number of nitro groups is 1. The summed E-state index contributed by atoms with van der Waals surface area (Å²) < 4.78 is 33.9. The van der Waals surface area contributed by atoms with E-state index in [1.54, 1.807) is 24.3 Å². The molecule has 1 saturated carbocycles. The van der Waals surface area contributed by atoms with Gasteiger partial charge in [-0.15, -0.1) is 0 Å². The van der Waals surface area contributed by atoms with E-state index in [2.05, 4.69) is 69.3 Å². The van der Waals surface area contributed by atoms with Gasteiger partial charge < -0.3 is 20.3 Å². The second kappa shape index (κ2) is 16.8. The minimum Gasteiger partial charge on any atom is -0.381 e. The fourth-order valence-corrected chi connectivity index (χ4v) is 10.7. The van der Waals surface area contributed by atoms with Crippen LogP contribution in [0.15, 0.2) is 108 Å². The summed E-state index contributed by atoms with van der Waals surface area (Å²) in [4.78, 5) is 43.0. The average molecular weight is 833 g/mol. The third kappa shape index (κ3) is 8.03. The Morgan fingerprint density at radius 1 is 0.883 bits per heavy atom. The summed E-state index contributed by atoms with van der Waals surface area (Å²) in [6.45, 7) is 10.1. The number of carbonyl (C=O) groups excluding carboxylic acids is 2. The molecule has 2 heterocycles. The number of para-hydroxylation sites is 1. The number of rotatable bonds is 13. The molecule has 2 unspecified atom stereocenters. The number of piperazine rings is 1. The fraction of sp³-hybridized carbons (Fsp3) is 0.391. The van der Waals surface area contributed by atoms with Crippen LogP contribution in [0.1, 0.15) is 61.0 Å². The monoisotopic (exact) mass is 832 g/mol. The van der Waals surface area contributed by atoms with Gasteiger partial charge in [-0.1, -0.05) is 62.4 Å². The molecule has 2 saturated heterocycles. The zero-order chi connectivity index (χ0) is 42.1. The van der Waals surface area contributed by atoms with Crippen molar-refractivity contribution in [1.29, 1.82) is 0 Å². The van der Waals surface area contributed by atoms with Crippen LogP contribution in [-0.4, -0.2) is 76.0 Å². The average Bonchev–Trinajstić information content (AvgIpc) is 3.65. The molecule has 2 bridgehead atoms. The predicted octanol–water partition coefficient (Wildman–Crippen LogP) is 7.33. The molecule has 13 nitrogen and oxygen atoms in total. The topological polar surface area (TPSA) is 163 Å². The van der Waals surface area contributed by atoms with E-state index < -0.39 is 26.3 Å². The number of sulfonamides is 1. The number of nitrogens with zero attached hydrogens (tertiary/aromatic N) is 3. The molecule has 60 heavy (non-hydrogen) atoms. The number of hydrogen-bond donors (Lipinski definition) is 3. The van der Waals surface area contributed by atoms with Crippen molar-refractivity contribution in [2.45, 2.75) is 51.0 Å². The fourth-order valence-electron chi connectivity index (χ4n) is 9.67. The van der Waals surface area contributed by atoms with Crippen molar-refractivity contribution < 1.29 is 27.7 Å². The summed E-state index contributed by atoms with van der Waals surface area (Å²) in [6.07, 6.45) is 5.84. The Kier molecular flexibility index (Phi) is 11.5. The lowest BCUT2D eigenvalue weighted by Crippen LogP contribution is -2.46. The minimum atomic E-state index is -4.40. The summed E-state index contributed by atoms with van der Waals surface area (Å²) in [5, 5.41) is 18.2. The summed E-state index contributed by atoms with van der Waals surface area (Å²) in [6, 6.07) is 28.6. The SMILES string of the molecule is CC1(C)C2C=C(c3ccccc3CN3CCN(c4ccc(C(=O)NS(=O)(=O)c5ccc(NCC6CCOCC6)c([N+](=O)[O-])c5)cc4)CC3)C1(C(=O)Nc1ccccc1)CC2. The maximum atomic E-state index is 14.3. The number of amides is 2. The Labute approximate surface area is 351 Å². The van der Waals surface area contributed by atoms with Crippen molar-refractivity contribution in [2.75, 3.05) is 61.5 Å². The maximum Gasteiger partial charge on any atom is 0.293 e. The van der Waals surface area contributed by atoms with Crippen molar-refractivity contribution in [2.24, 2.45) is 22.7 Å². The molecule has 0 radical (unpaired) electrons. The lowest BCUT2D eigenvalue weighted by atomic mass is 9.63. The zero-order valence-corrected chi connectivity index (χ0v) is 34.9. The van der Waals surface area contributed by atoms with Gasteiger partial charge in [-0.2, -0.15) is 0 Å². The predicted molar refractivity (Wildman–Crippen MR) is 232 cm³/mol. The lowest BCUT2D eigenvalue weighted by molar-refractivity contribution is -0.384. The van der Waals surface area contributed by atoms with Crippen LogP contribution in [0, 0.1) is 32.8 Å². The number of hydrogen-bond acceptors (Lipinski definition) is 10. The van der Waals surface area contributed by atoms with Gasteiger partial charge >= 0.3 is 0 Å². The largest absolute Gasteiger partial charge is 0.381 e. The van der Waals surface area contributed by atoms with Gasteiger partial charge in [0.2, 0.25) is 5.91 Å². The molecule has 3 fully saturated rings. The molecular weight excluding hydrogens is 781 g/mol. The van der Waals surface area contributed by atoms with Gasteiger partial charge in [0.15, 0.2) is 0 Å². The summed E-state index contributed by atoms with van der Waals surface area (Å²) in [5.41, 5.74) is 4.32. The molecule has 8 rings (SSSR count). The number of allylic oxidation sites excluding steroid dienone is 1. The number of anilines is 3. The van der Waals surface area contributed by atoms with E-state index in [9.17, 15) is 28.1 Å². The molecule has 2 atom stereocenters. The van der Waals surface area contributed by atoms with Crippen LogP contribution < -0.4 is 20.3 Å². The number of nitro benzene ring substituents is 1. The van der Waals surface area contributed by atoms with Gasteiger partial charge in [0.1, 0.15) is 5.69 Å². The smallest absolute Gasteiger partial charge is 0.293 e. The normalized spacial score (nSPS) is 21.6. The molecule has 2 amide bonds. The van der Waals surface area contributed by atoms with Crippen LogP contribution in [0.3, 0.4) is 0 Å². The Morgan fingerprint density at radius 3 is 2.28 bits per heavy atom. The third-order valence-electron chi connectivity index (χ3n) is 13.3. The number of fused-ring (bicyclic) bond motifs is 2. The number of nitrogens with one attached hydrogen (secondary N) is 3. The highest BCUT2D eigenvalue weighted by Gasteiger charge is 2.64. The van der Waals surface area contributed by atoms with Crippen LogP contribution in [0.4, 0.5) is 22.7 Å². The van der Waals surface area contributed by atoms with Crippen molar-refractivity contribution in [3.05, 3.63) is 130 Å². The van der Waals surface area contributed by atoms with E-state index in [4.69, 9.17) is 4.74 Å². The summed E-state index contributed by atoms with van der Waals surface area (Å²) in [7, 11) is -4.40. The third-order valence-corrected chi connectivity index (χ3v) is 14.6. The molecule has 4 aliphatic rings. The first-order valence-electron chi connectivity index (χ1n) is 20.8. The van der Waals surface area contributed by atoms with Gasteiger partial charge in [-0.05, 0) is 108 Å². The van der Waals surface area contributed by atoms with Gasteiger partial charge in [0.05, 0.1) is 15.2 Å². The van der Waals surface area contributed by atoms with Crippen LogP contribution in [0.5, 0.6) is 0 Å². The standard InChI is InChI=1S/C46H52N6O7S/c1-45(2)35-18-21-46(45,44(54)48-36-9-4-3-5-10-36)40(28-35)39-11-7-6-8-34(39)31-50-22-24-51(25-23-50)37-14-12-33(13-15-37)43(53)49-60(57,58)38-16-17-41(42(29-38)52(55)56)47-30-32-19-26-59-27-20-32/h3-17,28-29,32,35,47H,18-27,30-31H2,1-2H3,(H,48,54)(H,49,53). The van der Waals surface area contributed by atoms with Crippen LogP contribution in [-0.2, 0) is 26.1 Å². The molecule has 2 aliphatic carbocycles. The van der Waals surface area contributed by atoms with Gasteiger partial charge in [0.25, 0.3) is 21.6 Å². The van der Waals surface area contributed by atoms with E-state index in [0.29, 0.717) is 31.6 Å². The lowest BCUT2D eigenvalue weighted by Gasteiger charge is -2.40. The van der Waals surface area contributed by atoms with Crippen molar-refractivity contribution >= 4 is 50.2 Å². The van der Waals surface area contributed by atoms with Crippen molar-refractivity contribution in [3.8, 4) is 0 Å². The van der Waals surface area contributed by atoms with Crippen LogP contribution in [0.2, 0.25) is 0 Å².